The summed E-state index contributed by atoms with van der Waals surface area (Å²) in [7, 11) is 0. The normalized spacial score (nSPS) is 9.95. The Labute approximate surface area is 121 Å². The van der Waals surface area contributed by atoms with E-state index in [-0.39, 0.29) is 12.4 Å². The van der Waals surface area contributed by atoms with Crippen molar-refractivity contribution in [2.24, 2.45) is 0 Å². The predicted molar refractivity (Wildman–Crippen MR) is 76.7 cm³/mol. The molecule has 2 rings (SSSR count). The summed E-state index contributed by atoms with van der Waals surface area (Å²) in [4.78, 5) is 8.43. The van der Waals surface area contributed by atoms with Crippen LogP contribution in [0.3, 0.4) is 0 Å². The molecular weight excluding hydrogens is 275 g/mol. The van der Waals surface area contributed by atoms with Crippen molar-refractivity contribution in [1.29, 1.82) is 0 Å². The number of hydrogen-bond donors (Lipinski definition) is 1. The van der Waals surface area contributed by atoms with Gasteiger partial charge in [-0.3, -0.25) is 0 Å². The second-order valence-electron chi connectivity index (χ2n) is 4.08. The maximum absolute atomic E-state index is 13.5. The molecule has 0 aliphatic carbocycles. The Morgan fingerprint density at radius 1 is 1.35 bits per heavy atom. The fourth-order valence-electron chi connectivity index (χ4n) is 1.59. The number of aliphatic hydroxyl groups is 1. The maximum atomic E-state index is 13.5. The highest BCUT2D eigenvalue weighted by Gasteiger charge is 2.03. The number of rotatable bonds is 3. The van der Waals surface area contributed by atoms with Crippen LogP contribution in [0.25, 0.3) is 0 Å². The fraction of sp³-hybridized carbons (Fsp3) is 0.200. The number of benzene rings is 1. The van der Waals surface area contributed by atoms with Gasteiger partial charge in [0, 0.05) is 23.2 Å². The van der Waals surface area contributed by atoms with Crippen LogP contribution >= 0.6 is 11.8 Å². The van der Waals surface area contributed by atoms with Gasteiger partial charge in [0.1, 0.15) is 12.4 Å². The highest BCUT2D eigenvalue weighted by Crippen LogP contribution is 2.20. The van der Waals surface area contributed by atoms with E-state index in [1.54, 1.807) is 12.3 Å². The maximum Gasteiger partial charge on any atom is 0.188 e. The quantitative estimate of drug-likeness (QED) is 0.535. The van der Waals surface area contributed by atoms with E-state index in [1.165, 1.54) is 23.9 Å². The molecule has 1 aromatic heterocycles. The molecule has 0 saturated carbocycles. The molecule has 0 atom stereocenters. The first-order valence-electron chi connectivity index (χ1n) is 5.99. The smallest absolute Gasteiger partial charge is 0.188 e. The summed E-state index contributed by atoms with van der Waals surface area (Å²) in [6, 6.07) is 6.44. The van der Waals surface area contributed by atoms with Crippen molar-refractivity contribution in [3.05, 3.63) is 53.1 Å². The van der Waals surface area contributed by atoms with Gasteiger partial charge in [0.2, 0.25) is 0 Å². The lowest BCUT2D eigenvalue weighted by Crippen LogP contribution is -1.91. The van der Waals surface area contributed by atoms with E-state index >= 15 is 0 Å². The van der Waals surface area contributed by atoms with Crippen molar-refractivity contribution in [1.82, 2.24) is 9.97 Å². The van der Waals surface area contributed by atoms with Crippen LogP contribution in [0.1, 0.15) is 16.8 Å². The van der Waals surface area contributed by atoms with Crippen molar-refractivity contribution in [3.8, 4) is 11.8 Å². The molecule has 0 radical (unpaired) electrons. The number of thioether (sulfide) groups is 1. The summed E-state index contributed by atoms with van der Waals surface area (Å²) in [6.07, 6.45) is 1.70. The van der Waals surface area contributed by atoms with Gasteiger partial charge in [-0.15, -0.1) is 0 Å². The molecule has 0 aliphatic rings. The number of aliphatic hydroxyl groups excluding tert-OH is 1. The van der Waals surface area contributed by atoms with Gasteiger partial charge in [-0.1, -0.05) is 23.6 Å². The lowest BCUT2D eigenvalue weighted by molar-refractivity contribution is 0.350. The zero-order chi connectivity index (χ0) is 14.4. The molecule has 5 heteroatoms. The Kier molecular flexibility index (Phi) is 5.10. The SMILES string of the molecule is Cc1ccnc(SCc2cc(F)cc(C#CCO)c2)n1. The summed E-state index contributed by atoms with van der Waals surface area (Å²) in [6.45, 7) is 1.66. The van der Waals surface area contributed by atoms with E-state index in [9.17, 15) is 4.39 Å². The van der Waals surface area contributed by atoms with E-state index < -0.39 is 0 Å². The monoisotopic (exact) mass is 288 g/mol. The van der Waals surface area contributed by atoms with Gasteiger partial charge in [0.05, 0.1) is 0 Å². The molecule has 0 aliphatic heterocycles. The fourth-order valence-corrected chi connectivity index (χ4v) is 2.40. The molecule has 0 bridgehead atoms. The minimum absolute atomic E-state index is 0.238. The summed E-state index contributed by atoms with van der Waals surface area (Å²) in [5, 5.41) is 9.32. The number of aromatic nitrogens is 2. The number of aryl methyl sites for hydroxylation is 1. The molecule has 1 N–H and O–H groups in total. The summed E-state index contributed by atoms with van der Waals surface area (Å²) in [5.74, 6) is 5.44. The van der Waals surface area contributed by atoms with Crippen molar-refractivity contribution < 1.29 is 9.50 Å². The highest BCUT2D eigenvalue weighted by atomic mass is 32.2. The van der Waals surface area contributed by atoms with Crippen LogP contribution in [-0.4, -0.2) is 21.7 Å². The number of hydrogen-bond acceptors (Lipinski definition) is 4. The zero-order valence-corrected chi connectivity index (χ0v) is 11.7. The molecule has 1 heterocycles. The first kappa shape index (κ1) is 14.5. The van der Waals surface area contributed by atoms with Crippen LogP contribution in [0.15, 0.2) is 35.6 Å². The Hall–Kier alpha value is -1.90. The van der Waals surface area contributed by atoms with E-state index in [2.05, 4.69) is 21.8 Å². The van der Waals surface area contributed by atoms with Gasteiger partial charge in [-0.25, -0.2) is 14.4 Å². The number of nitrogens with zero attached hydrogens (tertiary/aromatic N) is 2. The third kappa shape index (κ3) is 4.34. The Bertz CT molecular complexity index is 664. The minimum atomic E-state index is -0.337. The van der Waals surface area contributed by atoms with Crippen LogP contribution in [-0.2, 0) is 5.75 Å². The standard InChI is InChI=1S/C15H13FN2OS/c1-11-4-5-17-15(18-11)20-10-13-7-12(3-2-6-19)8-14(16)9-13/h4-5,7-9,19H,6,10H2,1H3. The van der Waals surface area contributed by atoms with Crippen LogP contribution in [0, 0.1) is 24.6 Å². The van der Waals surface area contributed by atoms with E-state index in [0.717, 1.165) is 11.3 Å². The van der Waals surface area contributed by atoms with Gasteiger partial charge in [0.15, 0.2) is 5.16 Å². The van der Waals surface area contributed by atoms with Crippen LogP contribution in [0.2, 0.25) is 0 Å². The Morgan fingerprint density at radius 2 is 2.20 bits per heavy atom. The van der Waals surface area contributed by atoms with Gasteiger partial charge in [0.25, 0.3) is 0 Å². The van der Waals surface area contributed by atoms with Gasteiger partial charge in [-0.2, -0.15) is 0 Å². The van der Waals surface area contributed by atoms with Crippen molar-refractivity contribution in [2.45, 2.75) is 17.8 Å². The molecule has 0 unspecified atom stereocenters. The van der Waals surface area contributed by atoms with Gasteiger partial charge < -0.3 is 5.11 Å². The molecule has 0 spiro atoms. The molecule has 20 heavy (non-hydrogen) atoms. The average molecular weight is 288 g/mol. The molecular formula is C15H13FN2OS. The molecule has 0 amide bonds. The number of halogens is 1. The second-order valence-corrected chi connectivity index (χ2v) is 5.02. The predicted octanol–water partition coefficient (Wildman–Crippen LogP) is 2.56. The van der Waals surface area contributed by atoms with E-state index in [4.69, 9.17) is 5.11 Å². The lowest BCUT2D eigenvalue weighted by atomic mass is 10.1. The first-order valence-corrected chi connectivity index (χ1v) is 6.97. The Morgan fingerprint density at radius 3 is 2.95 bits per heavy atom. The second kappa shape index (κ2) is 7.04. The topological polar surface area (TPSA) is 46.0 Å². The van der Waals surface area contributed by atoms with Crippen molar-refractivity contribution >= 4 is 11.8 Å². The third-order valence-electron chi connectivity index (χ3n) is 2.41. The largest absolute Gasteiger partial charge is 0.384 e. The van der Waals surface area contributed by atoms with Crippen molar-refractivity contribution in [2.75, 3.05) is 6.61 Å². The molecule has 1 aromatic carbocycles. The molecule has 3 nitrogen and oxygen atoms in total. The van der Waals surface area contributed by atoms with Crippen molar-refractivity contribution in [3.63, 3.8) is 0 Å². The summed E-state index contributed by atoms with van der Waals surface area (Å²) >= 11 is 1.44. The first-order chi connectivity index (χ1) is 9.67. The summed E-state index contributed by atoms with van der Waals surface area (Å²) in [5.41, 5.74) is 2.26. The van der Waals surface area contributed by atoms with Crippen LogP contribution in [0.5, 0.6) is 0 Å². The third-order valence-corrected chi connectivity index (χ3v) is 3.34. The van der Waals surface area contributed by atoms with Crippen LogP contribution in [0.4, 0.5) is 4.39 Å². The highest BCUT2D eigenvalue weighted by molar-refractivity contribution is 7.98. The molecule has 102 valence electrons. The Balaban J connectivity index is 2.11. The molecule has 0 saturated heterocycles. The van der Waals surface area contributed by atoms with Gasteiger partial charge in [-0.05, 0) is 36.8 Å². The molecule has 0 fully saturated rings. The average Bonchev–Trinajstić information content (AvgIpc) is 2.42. The van der Waals surface area contributed by atoms with Gasteiger partial charge >= 0.3 is 0 Å². The lowest BCUT2D eigenvalue weighted by Gasteiger charge is -2.03. The molecule has 2 aromatic rings. The summed E-state index contributed by atoms with van der Waals surface area (Å²) < 4.78 is 13.5. The van der Waals surface area contributed by atoms with Crippen LogP contribution < -0.4 is 0 Å². The minimum Gasteiger partial charge on any atom is -0.384 e. The zero-order valence-electron chi connectivity index (χ0n) is 10.9. The van der Waals surface area contributed by atoms with E-state index in [1.807, 2.05) is 13.0 Å². The van der Waals surface area contributed by atoms with E-state index in [0.29, 0.717) is 16.5 Å².